The third-order valence-electron chi connectivity index (χ3n) is 4.16. The van der Waals surface area contributed by atoms with Crippen LogP contribution in [0.3, 0.4) is 0 Å². The molecule has 1 heterocycles. The molecule has 0 fully saturated rings. The Morgan fingerprint density at radius 1 is 1.12 bits per heavy atom. The van der Waals surface area contributed by atoms with E-state index in [-0.39, 0.29) is 6.16 Å². The first-order chi connectivity index (χ1) is 12.5. The van der Waals surface area contributed by atoms with E-state index in [1.165, 1.54) is 0 Å². The molecule has 0 bridgehead atoms. The third-order valence-corrected chi connectivity index (χ3v) is 5.58. The number of H-pyrrole nitrogens is 1. The van der Waals surface area contributed by atoms with Crippen LogP contribution in [0.15, 0.2) is 60.8 Å². The van der Waals surface area contributed by atoms with Crippen molar-refractivity contribution in [1.29, 1.82) is 0 Å². The zero-order chi connectivity index (χ0) is 18.6. The molecule has 0 radical (unpaired) electrons. The quantitative estimate of drug-likeness (QED) is 0.516. The summed E-state index contributed by atoms with van der Waals surface area (Å²) < 4.78 is 17.5. The van der Waals surface area contributed by atoms with Crippen molar-refractivity contribution in [3.63, 3.8) is 0 Å². The predicted molar refractivity (Wildman–Crippen MR) is 99.2 cm³/mol. The summed E-state index contributed by atoms with van der Waals surface area (Å²) in [5.41, 5.74) is 2.41. The van der Waals surface area contributed by atoms with E-state index in [0.717, 1.165) is 16.5 Å². The van der Waals surface area contributed by atoms with Crippen molar-refractivity contribution in [1.82, 2.24) is 4.98 Å². The lowest BCUT2D eigenvalue weighted by Crippen LogP contribution is -2.15. The van der Waals surface area contributed by atoms with E-state index in [2.05, 4.69) is 4.98 Å². The molecule has 0 aliphatic rings. The zero-order valence-corrected chi connectivity index (χ0v) is 14.9. The number of aryl methyl sites for hydroxylation is 1. The number of rotatable bonds is 8. The lowest BCUT2D eigenvalue weighted by Gasteiger charge is -2.18. The molecule has 3 aromatic rings. The van der Waals surface area contributed by atoms with Crippen LogP contribution in [0, 0.1) is 0 Å². The Hall–Kier alpha value is -2.40. The fourth-order valence-electron chi connectivity index (χ4n) is 2.90. The van der Waals surface area contributed by atoms with E-state index in [4.69, 9.17) is 4.52 Å². The van der Waals surface area contributed by atoms with Crippen molar-refractivity contribution in [2.24, 2.45) is 0 Å². The number of benzene rings is 2. The van der Waals surface area contributed by atoms with Gasteiger partial charge in [0.25, 0.3) is 0 Å². The molecule has 0 aliphatic carbocycles. The molecule has 3 rings (SSSR count). The maximum atomic E-state index is 12.4. The Morgan fingerprint density at radius 2 is 1.81 bits per heavy atom. The second-order valence-corrected chi connectivity index (χ2v) is 7.99. The van der Waals surface area contributed by atoms with Crippen molar-refractivity contribution < 1.29 is 23.9 Å². The molecule has 2 aromatic carbocycles. The number of aromatic amines is 1. The minimum atomic E-state index is -4.04. The number of carboxylic acids is 1. The Morgan fingerprint density at radius 3 is 2.54 bits per heavy atom. The van der Waals surface area contributed by atoms with E-state index in [1.54, 1.807) is 30.3 Å². The van der Waals surface area contributed by atoms with E-state index >= 15 is 0 Å². The molecule has 0 saturated heterocycles. The second kappa shape index (κ2) is 7.87. The third kappa shape index (κ3) is 4.41. The van der Waals surface area contributed by atoms with Crippen LogP contribution in [-0.2, 0) is 20.3 Å². The number of aromatic nitrogens is 1. The van der Waals surface area contributed by atoms with Crippen LogP contribution >= 0.6 is 7.60 Å². The largest absolute Gasteiger partial charge is 0.479 e. The Balaban J connectivity index is 1.63. The molecule has 0 aliphatic heterocycles. The first kappa shape index (κ1) is 18.4. The molecule has 0 amide bonds. The van der Waals surface area contributed by atoms with E-state index in [9.17, 15) is 19.4 Å². The minimum absolute atomic E-state index is 0.108. The molecule has 0 saturated carbocycles. The summed E-state index contributed by atoms with van der Waals surface area (Å²) in [6, 6.07) is 16.0. The monoisotopic (exact) mass is 373 g/mol. The second-order valence-electron chi connectivity index (χ2n) is 6.06. The molecular weight excluding hydrogens is 353 g/mol. The van der Waals surface area contributed by atoms with Crippen LogP contribution in [0.5, 0.6) is 0 Å². The highest BCUT2D eigenvalue weighted by Crippen LogP contribution is 2.47. The van der Waals surface area contributed by atoms with Gasteiger partial charge in [-0.05, 0) is 30.0 Å². The Bertz CT molecular complexity index is 937. The summed E-state index contributed by atoms with van der Waals surface area (Å²) in [7, 11) is -4.04. The van der Waals surface area contributed by atoms with Gasteiger partial charge in [-0.15, -0.1) is 0 Å². The van der Waals surface area contributed by atoms with E-state index in [0.29, 0.717) is 18.4 Å². The molecule has 136 valence electrons. The first-order valence-electron chi connectivity index (χ1n) is 8.29. The summed E-state index contributed by atoms with van der Waals surface area (Å²) in [6.07, 6.45) is 1.33. The molecule has 26 heavy (non-hydrogen) atoms. The van der Waals surface area contributed by atoms with Crippen molar-refractivity contribution in [3.8, 4) is 0 Å². The summed E-state index contributed by atoms with van der Waals surface area (Å²) >= 11 is 0. The normalized spacial score (nSPS) is 14.8. The average Bonchev–Trinajstić information content (AvgIpc) is 3.03. The number of para-hydroxylation sites is 1. The van der Waals surface area contributed by atoms with Crippen LogP contribution in [0.25, 0.3) is 10.9 Å². The first-order valence-corrected chi connectivity index (χ1v) is 10.1. The lowest BCUT2D eigenvalue weighted by molar-refractivity contribution is -0.145. The highest BCUT2D eigenvalue weighted by Gasteiger charge is 2.30. The van der Waals surface area contributed by atoms with Crippen molar-refractivity contribution in [3.05, 3.63) is 71.9 Å². The van der Waals surface area contributed by atoms with Crippen molar-refractivity contribution >= 4 is 24.5 Å². The van der Waals surface area contributed by atoms with Gasteiger partial charge in [0.15, 0.2) is 6.10 Å². The van der Waals surface area contributed by atoms with Crippen LogP contribution < -0.4 is 0 Å². The van der Waals surface area contributed by atoms with Gasteiger partial charge in [-0.25, -0.2) is 4.79 Å². The molecule has 1 aromatic heterocycles. The van der Waals surface area contributed by atoms with E-state index < -0.39 is 19.7 Å². The molecule has 2 atom stereocenters. The number of hydrogen-bond acceptors (Lipinski definition) is 3. The minimum Gasteiger partial charge on any atom is -0.479 e. The lowest BCUT2D eigenvalue weighted by atomic mass is 10.1. The van der Waals surface area contributed by atoms with Crippen molar-refractivity contribution in [2.75, 3.05) is 6.16 Å². The summed E-state index contributed by atoms with van der Waals surface area (Å²) in [5, 5.41) is 10.4. The van der Waals surface area contributed by atoms with E-state index in [1.807, 2.05) is 30.5 Å². The fourth-order valence-corrected chi connectivity index (χ4v) is 4.11. The summed E-state index contributed by atoms with van der Waals surface area (Å²) in [4.78, 5) is 24.7. The van der Waals surface area contributed by atoms with Gasteiger partial charge >= 0.3 is 13.6 Å². The Kier molecular flexibility index (Phi) is 5.57. The molecule has 2 unspecified atom stereocenters. The van der Waals surface area contributed by atoms with Gasteiger partial charge in [-0.1, -0.05) is 48.5 Å². The van der Waals surface area contributed by atoms with Crippen molar-refractivity contribution in [2.45, 2.75) is 18.9 Å². The van der Waals surface area contributed by atoms with Gasteiger partial charge in [-0.3, -0.25) is 9.09 Å². The highest BCUT2D eigenvalue weighted by atomic mass is 31.2. The summed E-state index contributed by atoms with van der Waals surface area (Å²) in [5.74, 6) is -1.29. The van der Waals surface area contributed by atoms with Gasteiger partial charge in [0.05, 0.1) is 6.16 Å². The van der Waals surface area contributed by atoms with Crippen LogP contribution in [0.2, 0.25) is 0 Å². The van der Waals surface area contributed by atoms with Gasteiger partial charge < -0.3 is 15.0 Å². The Labute approximate surface area is 151 Å². The fraction of sp³-hybridized carbons (Fsp3) is 0.211. The number of fused-ring (bicyclic) bond motifs is 1. The standard InChI is InChI=1S/C19H20NO5P/c21-19(22)18(14-7-2-1-3-8-14)25-26(23,24)12-6-9-15-13-20-17-11-5-4-10-16(15)17/h1-5,7-8,10-11,13,18,20H,6,9,12H2,(H,21,22)(H,23,24). The molecule has 0 spiro atoms. The number of aliphatic carboxylic acids is 1. The molecule has 6 nitrogen and oxygen atoms in total. The molecule has 3 N–H and O–H groups in total. The highest BCUT2D eigenvalue weighted by molar-refractivity contribution is 7.52. The number of hydrogen-bond donors (Lipinski definition) is 3. The molecular formula is C19H20NO5P. The van der Waals surface area contributed by atoms with Gasteiger partial charge in [0.1, 0.15) is 0 Å². The zero-order valence-electron chi connectivity index (χ0n) is 14.0. The summed E-state index contributed by atoms with van der Waals surface area (Å²) in [6.45, 7) is 0. The smallest absolute Gasteiger partial charge is 0.338 e. The van der Waals surface area contributed by atoms with Gasteiger partial charge in [0, 0.05) is 17.1 Å². The number of carbonyl (C=O) groups is 1. The van der Waals surface area contributed by atoms with Gasteiger partial charge in [-0.2, -0.15) is 0 Å². The average molecular weight is 373 g/mol. The predicted octanol–water partition coefficient (Wildman–Crippen LogP) is 4.13. The van der Waals surface area contributed by atoms with Crippen LogP contribution in [0.4, 0.5) is 0 Å². The van der Waals surface area contributed by atoms with Crippen LogP contribution in [0.1, 0.15) is 23.7 Å². The molecule has 7 heteroatoms. The van der Waals surface area contributed by atoms with Gasteiger partial charge in [0.2, 0.25) is 0 Å². The number of nitrogens with one attached hydrogen (secondary N) is 1. The maximum absolute atomic E-state index is 12.4. The topological polar surface area (TPSA) is 99.6 Å². The van der Waals surface area contributed by atoms with Crippen LogP contribution in [-0.4, -0.2) is 27.1 Å². The number of carboxylic acid groups (broad SMARTS) is 1. The SMILES string of the molecule is O=C(O)C(OP(=O)(O)CCCc1c[nH]c2ccccc12)c1ccccc1. The maximum Gasteiger partial charge on any atom is 0.338 e.